The molecular weight excluding hydrogens is 265 g/mol. The highest BCUT2D eigenvalue weighted by Gasteiger charge is 2.22. The molecule has 0 amide bonds. The minimum atomic E-state index is -0.760. The minimum Gasteiger partial charge on any atom is -0.315 e. The highest BCUT2D eigenvalue weighted by molar-refractivity contribution is 5.36. The van der Waals surface area contributed by atoms with Crippen LogP contribution in [0.5, 0.6) is 0 Å². The van der Waals surface area contributed by atoms with Crippen molar-refractivity contribution >= 4 is 5.69 Å². The highest BCUT2D eigenvalue weighted by Crippen LogP contribution is 2.22. The van der Waals surface area contributed by atoms with E-state index in [2.05, 4.69) is 10.2 Å². The second-order valence-corrected chi connectivity index (χ2v) is 4.66. The summed E-state index contributed by atoms with van der Waals surface area (Å²) in [5.41, 5.74) is -0.158. The average molecular weight is 277 g/mol. The molecule has 0 spiro atoms. The molecule has 0 saturated carbocycles. The van der Waals surface area contributed by atoms with Gasteiger partial charge in [-0.3, -0.25) is 15.0 Å². The van der Waals surface area contributed by atoms with Crippen molar-refractivity contribution in [2.45, 2.75) is 19.6 Å². The number of hydrogen-bond donors (Lipinski definition) is 0. The van der Waals surface area contributed by atoms with E-state index in [1.54, 1.807) is 12.4 Å². The van der Waals surface area contributed by atoms with Crippen LogP contribution in [0.15, 0.2) is 24.5 Å². The molecule has 1 aliphatic heterocycles. The first-order chi connectivity index (χ1) is 9.65. The van der Waals surface area contributed by atoms with Crippen LogP contribution in [0.4, 0.5) is 10.1 Å². The Morgan fingerprint density at radius 2 is 2.25 bits per heavy atom. The third-order valence-electron chi connectivity index (χ3n) is 3.37. The van der Waals surface area contributed by atoms with Crippen LogP contribution in [0.25, 0.3) is 0 Å². The first-order valence-corrected chi connectivity index (χ1v) is 6.16. The predicted octanol–water partition coefficient (Wildman–Crippen LogP) is 1.34. The Hall–Kier alpha value is -2.35. The van der Waals surface area contributed by atoms with Gasteiger partial charge in [-0.25, -0.2) is 0 Å². The van der Waals surface area contributed by atoms with Crippen molar-refractivity contribution in [2.24, 2.45) is 0 Å². The Morgan fingerprint density at radius 3 is 3.05 bits per heavy atom. The SMILES string of the molecule is O=[N+]([O-])c1cccc(CN2CCn3cnnc3C2)c1F. The maximum atomic E-state index is 14.0. The van der Waals surface area contributed by atoms with Gasteiger partial charge in [-0.2, -0.15) is 4.39 Å². The van der Waals surface area contributed by atoms with E-state index >= 15 is 0 Å². The molecule has 1 aromatic heterocycles. The summed E-state index contributed by atoms with van der Waals surface area (Å²) in [4.78, 5) is 12.0. The molecule has 2 heterocycles. The number of nitrogens with zero attached hydrogens (tertiary/aromatic N) is 5. The molecule has 1 aromatic carbocycles. The van der Waals surface area contributed by atoms with E-state index in [1.165, 1.54) is 12.1 Å². The van der Waals surface area contributed by atoms with Crippen LogP contribution in [-0.2, 0) is 19.6 Å². The summed E-state index contributed by atoms with van der Waals surface area (Å²) in [6.45, 7) is 2.34. The van der Waals surface area contributed by atoms with Crippen LogP contribution in [-0.4, -0.2) is 31.1 Å². The van der Waals surface area contributed by atoms with Crippen LogP contribution in [0.2, 0.25) is 0 Å². The summed E-state index contributed by atoms with van der Waals surface area (Å²) < 4.78 is 16.0. The molecule has 0 fully saturated rings. The van der Waals surface area contributed by atoms with Gasteiger partial charge in [0.2, 0.25) is 5.82 Å². The van der Waals surface area contributed by atoms with Gasteiger partial charge in [-0.1, -0.05) is 12.1 Å². The molecule has 2 aromatic rings. The molecule has 0 atom stereocenters. The number of nitro groups is 1. The van der Waals surface area contributed by atoms with Crippen molar-refractivity contribution in [2.75, 3.05) is 6.54 Å². The molecule has 0 N–H and O–H groups in total. The number of aromatic nitrogens is 3. The number of fused-ring (bicyclic) bond motifs is 1. The fourth-order valence-corrected chi connectivity index (χ4v) is 2.32. The minimum absolute atomic E-state index is 0.320. The van der Waals surface area contributed by atoms with E-state index < -0.39 is 16.4 Å². The van der Waals surface area contributed by atoms with Crippen LogP contribution in [0, 0.1) is 15.9 Å². The molecule has 0 unspecified atom stereocenters. The third kappa shape index (κ3) is 2.25. The highest BCUT2D eigenvalue weighted by atomic mass is 19.1. The quantitative estimate of drug-likeness (QED) is 0.625. The van der Waals surface area contributed by atoms with E-state index in [-0.39, 0.29) is 0 Å². The smallest absolute Gasteiger partial charge is 0.305 e. The van der Waals surface area contributed by atoms with Gasteiger partial charge >= 0.3 is 5.69 Å². The van der Waals surface area contributed by atoms with Crippen molar-refractivity contribution in [1.29, 1.82) is 0 Å². The van der Waals surface area contributed by atoms with Gasteiger partial charge in [0, 0.05) is 31.3 Å². The fourth-order valence-electron chi connectivity index (χ4n) is 2.32. The van der Waals surface area contributed by atoms with E-state index in [0.717, 1.165) is 18.9 Å². The molecule has 104 valence electrons. The van der Waals surface area contributed by atoms with Gasteiger partial charge < -0.3 is 4.57 Å². The zero-order valence-electron chi connectivity index (χ0n) is 10.6. The van der Waals surface area contributed by atoms with E-state index in [0.29, 0.717) is 18.7 Å². The molecule has 20 heavy (non-hydrogen) atoms. The zero-order valence-corrected chi connectivity index (χ0v) is 10.6. The lowest BCUT2D eigenvalue weighted by atomic mass is 10.1. The summed E-state index contributed by atoms with van der Waals surface area (Å²) in [6.07, 6.45) is 1.67. The fraction of sp³-hybridized carbons (Fsp3) is 0.333. The first kappa shape index (κ1) is 12.7. The summed E-state index contributed by atoms with van der Waals surface area (Å²) in [5, 5.41) is 18.5. The van der Waals surface area contributed by atoms with E-state index in [9.17, 15) is 14.5 Å². The van der Waals surface area contributed by atoms with Gasteiger partial charge in [-0.15, -0.1) is 10.2 Å². The van der Waals surface area contributed by atoms with Crippen LogP contribution >= 0.6 is 0 Å². The Kier molecular flexibility index (Phi) is 3.15. The first-order valence-electron chi connectivity index (χ1n) is 6.16. The van der Waals surface area contributed by atoms with Gasteiger partial charge in [-0.05, 0) is 0 Å². The molecule has 8 heteroatoms. The molecule has 0 aliphatic carbocycles. The number of halogens is 1. The third-order valence-corrected chi connectivity index (χ3v) is 3.37. The van der Waals surface area contributed by atoms with Crippen molar-refractivity contribution in [3.63, 3.8) is 0 Å². The molecular formula is C12H12FN5O2. The maximum absolute atomic E-state index is 14.0. The largest absolute Gasteiger partial charge is 0.315 e. The van der Waals surface area contributed by atoms with Crippen molar-refractivity contribution in [1.82, 2.24) is 19.7 Å². The normalized spacial score (nSPS) is 15.1. The lowest BCUT2D eigenvalue weighted by molar-refractivity contribution is -0.387. The number of rotatable bonds is 3. The van der Waals surface area contributed by atoms with Crippen LogP contribution in [0.1, 0.15) is 11.4 Å². The Morgan fingerprint density at radius 1 is 1.40 bits per heavy atom. The van der Waals surface area contributed by atoms with Crippen LogP contribution < -0.4 is 0 Å². The molecule has 0 bridgehead atoms. The Labute approximate surface area is 113 Å². The number of nitro benzene ring substituents is 1. The molecule has 0 radical (unpaired) electrons. The lowest BCUT2D eigenvalue weighted by Crippen LogP contribution is -2.33. The van der Waals surface area contributed by atoms with Crippen molar-refractivity contribution in [3.8, 4) is 0 Å². The summed E-state index contributed by atoms with van der Waals surface area (Å²) in [7, 11) is 0. The standard InChI is InChI=1S/C12H12FN5O2/c13-12-9(2-1-3-10(12)18(19)20)6-16-4-5-17-8-14-15-11(17)7-16/h1-3,8H,4-7H2. The molecule has 1 aliphatic rings. The average Bonchev–Trinajstić information content (AvgIpc) is 2.88. The number of benzene rings is 1. The van der Waals surface area contributed by atoms with Gasteiger partial charge in [0.1, 0.15) is 12.2 Å². The zero-order chi connectivity index (χ0) is 14.1. The number of hydrogen-bond acceptors (Lipinski definition) is 5. The second-order valence-electron chi connectivity index (χ2n) is 4.66. The van der Waals surface area contributed by atoms with Crippen molar-refractivity contribution < 1.29 is 9.31 Å². The van der Waals surface area contributed by atoms with E-state index in [1.807, 2.05) is 9.47 Å². The topological polar surface area (TPSA) is 77.1 Å². The molecule has 0 saturated heterocycles. The van der Waals surface area contributed by atoms with Gasteiger partial charge in [0.25, 0.3) is 0 Å². The van der Waals surface area contributed by atoms with Gasteiger partial charge in [0.05, 0.1) is 11.5 Å². The Balaban J connectivity index is 1.79. The molecule has 3 rings (SSSR count). The van der Waals surface area contributed by atoms with Crippen molar-refractivity contribution in [3.05, 3.63) is 51.8 Å². The summed E-state index contributed by atoms with van der Waals surface area (Å²) >= 11 is 0. The monoisotopic (exact) mass is 277 g/mol. The maximum Gasteiger partial charge on any atom is 0.305 e. The summed E-state index contributed by atoms with van der Waals surface area (Å²) in [6, 6.07) is 4.25. The van der Waals surface area contributed by atoms with Gasteiger partial charge in [0.15, 0.2) is 0 Å². The second kappa shape index (κ2) is 4.97. The lowest BCUT2D eigenvalue weighted by Gasteiger charge is -2.26. The predicted molar refractivity (Wildman–Crippen MR) is 67.2 cm³/mol. The summed E-state index contributed by atoms with van der Waals surface area (Å²) in [5.74, 6) is 0.0617. The molecule has 7 nitrogen and oxygen atoms in total. The van der Waals surface area contributed by atoms with E-state index in [4.69, 9.17) is 0 Å². The van der Waals surface area contributed by atoms with Crippen LogP contribution in [0.3, 0.4) is 0 Å². The Bertz CT molecular complexity index is 657.